The molecule has 1 N–H and O–H groups in total. The first-order chi connectivity index (χ1) is 5.20. The number of hydrogen-bond donors (Lipinski definition) is 1. The lowest BCUT2D eigenvalue weighted by Gasteiger charge is -2.01. The van der Waals surface area contributed by atoms with E-state index in [4.69, 9.17) is 0 Å². The van der Waals surface area contributed by atoms with Crippen LogP contribution < -0.4 is 0 Å². The van der Waals surface area contributed by atoms with Crippen LogP contribution in [0.15, 0.2) is 30.3 Å². The molecule has 0 unspecified atom stereocenters. The van der Waals surface area contributed by atoms with Crippen molar-refractivity contribution in [3.05, 3.63) is 35.9 Å². The Labute approximate surface area is 66.7 Å². The van der Waals surface area contributed by atoms with Crippen LogP contribution in [0.3, 0.4) is 0 Å². The zero-order chi connectivity index (χ0) is 7.90. The molecule has 0 aromatic heterocycles. The van der Waals surface area contributed by atoms with Crippen LogP contribution in [0.5, 0.6) is 0 Å². The summed E-state index contributed by atoms with van der Waals surface area (Å²) in [6.45, 7) is 1.89. The molecular formula is C10H12O. The van der Waals surface area contributed by atoms with Crippen molar-refractivity contribution in [1.82, 2.24) is 0 Å². The summed E-state index contributed by atoms with van der Waals surface area (Å²) in [7, 11) is 0. The molecule has 1 aliphatic rings. The Bertz CT molecular complexity index is 251. The fraction of sp³-hybridized carbons (Fsp3) is 0.400. The molecule has 0 amide bonds. The second-order valence-electron chi connectivity index (χ2n) is 3.52. The molecule has 1 aliphatic carbocycles. The quantitative estimate of drug-likeness (QED) is 0.645. The summed E-state index contributed by atoms with van der Waals surface area (Å²) in [5, 5.41) is 9.55. The minimum atomic E-state index is -0.429. The Hall–Kier alpha value is -0.820. The maximum absolute atomic E-state index is 9.55. The van der Waals surface area contributed by atoms with Crippen LogP contribution in [-0.2, 0) is 0 Å². The van der Waals surface area contributed by atoms with Gasteiger partial charge in [-0.15, -0.1) is 0 Å². The third-order valence-electron chi connectivity index (χ3n) is 2.41. The van der Waals surface area contributed by atoms with Gasteiger partial charge in [0, 0.05) is 5.92 Å². The van der Waals surface area contributed by atoms with Gasteiger partial charge in [-0.25, -0.2) is 0 Å². The van der Waals surface area contributed by atoms with Gasteiger partial charge in [-0.3, -0.25) is 0 Å². The van der Waals surface area contributed by atoms with E-state index in [1.54, 1.807) is 0 Å². The highest BCUT2D eigenvalue weighted by Crippen LogP contribution is 2.50. The lowest BCUT2D eigenvalue weighted by atomic mass is 10.1. The molecule has 2 atom stereocenters. The summed E-state index contributed by atoms with van der Waals surface area (Å²) >= 11 is 0. The minimum absolute atomic E-state index is 0.378. The lowest BCUT2D eigenvalue weighted by Crippen LogP contribution is -2.01. The van der Waals surface area contributed by atoms with E-state index in [0.717, 1.165) is 6.42 Å². The van der Waals surface area contributed by atoms with Crippen molar-refractivity contribution in [3.8, 4) is 0 Å². The van der Waals surface area contributed by atoms with Gasteiger partial charge in [0.05, 0.1) is 5.60 Å². The highest BCUT2D eigenvalue weighted by molar-refractivity contribution is 5.29. The normalized spacial score (nSPS) is 35.3. The standard InChI is InChI=1S/C10H12O/c1-10(11)7-9(10)8-5-3-2-4-6-8/h2-6,9,11H,7H2,1H3/t9-,10-/m0/s1. The van der Waals surface area contributed by atoms with Crippen LogP contribution in [0.25, 0.3) is 0 Å². The van der Waals surface area contributed by atoms with Crippen LogP contribution >= 0.6 is 0 Å². The Morgan fingerprint density at radius 3 is 2.36 bits per heavy atom. The van der Waals surface area contributed by atoms with E-state index in [2.05, 4.69) is 12.1 Å². The summed E-state index contributed by atoms with van der Waals surface area (Å²) < 4.78 is 0. The second kappa shape index (κ2) is 2.08. The third-order valence-corrected chi connectivity index (χ3v) is 2.41. The molecule has 1 fully saturated rings. The summed E-state index contributed by atoms with van der Waals surface area (Å²) in [6.07, 6.45) is 0.914. The van der Waals surface area contributed by atoms with Gasteiger partial charge in [0.2, 0.25) is 0 Å². The van der Waals surface area contributed by atoms with Gasteiger partial charge >= 0.3 is 0 Å². The van der Waals surface area contributed by atoms with Gasteiger partial charge < -0.3 is 5.11 Å². The molecule has 0 heterocycles. The summed E-state index contributed by atoms with van der Waals surface area (Å²) in [5.74, 6) is 0.378. The molecule has 11 heavy (non-hydrogen) atoms. The molecule has 1 nitrogen and oxygen atoms in total. The summed E-state index contributed by atoms with van der Waals surface area (Å²) in [5.41, 5.74) is 0.832. The Kier molecular flexibility index (Phi) is 1.30. The predicted molar refractivity (Wildman–Crippen MR) is 44.4 cm³/mol. The highest BCUT2D eigenvalue weighted by atomic mass is 16.3. The van der Waals surface area contributed by atoms with E-state index in [1.807, 2.05) is 25.1 Å². The largest absolute Gasteiger partial charge is 0.390 e. The zero-order valence-corrected chi connectivity index (χ0v) is 6.62. The molecule has 0 saturated heterocycles. The monoisotopic (exact) mass is 148 g/mol. The van der Waals surface area contributed by atoms with Crippen molar-refractivity contribution in [2.75, 3.05) is 0 Å². The lowest BCUT2D eigenvalue weighted by molar-refractivity contribution is 0.164. The minimum Gasteiger partial charge on any atom is -0.390 e. The third kappa shape index (κ3) is 1.16. The fourth-order valence-corrected chi connectivity index (χ4v) is 1.52. The van der Waals surface area contributed by atoms with Gasteiger partial charge in [0.1, 0.15) is 0 Å². The predicted octanol–water partition coefficient (Wildman–Crippen LogP) is 1.92. The van der Waals surface area contributed by atoms with Crippen molar-refractivity contribution < 1.29 is 5.11 Å². The maximum Gasteiger partial charge on any atom is 0.0696 e. The topological polar surface area (TPSA) is 20.2 Å². The van der Waals surface area contributed by atoms with Gasteiger partial charge in [-0.1, -0.05) is 30.3 Å². The number of rotatable bonds is 1. The van der Waals surface area contributed by atoms with E-state index in [9.17, 15) is 5.11 Å². The van der Waals surface area contributed by atoms with Crippen molar-refractivity contribution >= 4 is 0 Å². The van der Waals surface area contributed by atoms with Crippen LogP contribution in [-0.4, -0.2) is 10.7 Å². The van der Waals surface area contributed by atoms with Gasteiger partial charge in [0.15, 0.2) is 0 Å². The smallest absolute Gasteiger partial charge is 0.0696 e. The van der Waals surface area contributed by atoms with Gasteiger partial charge in [0.25, 0.3) is 0 Å². The Morgan fingerprint density at radius 1 is 1.36 bits per heavy atom. The average molecular weight is 148 g/mol. The van der Waals surface area contributed by atoms with Gasteiger partial charge in [-0.2, -0.15) is 0 Å². The zero-order valence-electron chi connectivity index (χ0n) is 6.62. The molecule has 1 aromatic carbocycles. The Balaban J connectivity index is 2.21. The molecule has 0 radical (unpaired) electrons. The second-order valence-corrected chi connectivity index (χ2v) is 3.52. The van der Waals surface area contributed by atoms with Crippen LogP contribution in [0.4, 0.5) is 0 Å². The van der Waals surface area contributed by atoms with Crippen molar-refractivity contribution in [2.24, 2.45) is 0 Å². The summed E-state index contributed by atoms with van der Waals surface area (Å²) in [6, 6.07) is 10.2. The molecule has 1 aromatic rings. The van der Waals surface area contributed by atoms with E-state index in [1.165, 1.54) is 5.56 Å². The molecular weight excluding hydrogens is 136 g/mol. The van der Waals surface area contributed by atoms with Crippen molar-refractivity contribution in [3.63, 3.8) is 0 Å². The molecule has 0 bridgehead atoms. The van der Waals surface area contributed by atoms with E-state index in [-0.39, 0.29) is 0 Å². The molecule has 58 valence electrons. The van der Waals surface area contributed by atoms with Crippen LogP contribution in [0, 0.1) is 0 Å². The van der Waals surface area contributed by atoms with Gasteiger partial charge in [-0.05, 0) is 18.9 Å². The van der Waals surface area contributed by atoms with Crippen molar-refractivity contribution in [2.45, 2.75) is 24.9 Å². The van der Waals surface area contributed by atoms with E-state index < -0.39 is 5.60 Å². The highest BCUT2D eigenvalue weighted by Gasteiger charge is 2.49. The molecule has 0 spiro atoms. The summed E-state index contributed by atoms with van der Waals surface area (Å²) in [4.78, 5) is 0. The molecule has 0 aliphatic heterocycles. The molecule has 1 saturated carbocycles. The van der Waals surface area contributed by atoms with Crippen molar-refractivity contribution in [1.29, 1.82) is 0 Å². The first-order valence-electron chi connectivity index (χ1n) is 3.97. The van der Waals surface area contributed by atoms with Crippen LogP contribution in [0.1, 0.15) is 24.8 Å². The fourth-order valence-electron chi connectivity index (χ4n) is 1.52. The van der Waals surface area contributed by atoms with E-state index >= 15 is 0 Å². The van der Waals surface area contributed by atoms with E-state index in [0.29, 0.717) is 5.92 Å². The number of hydrogen-bond acceptors (Lipinski definition) is 1. The van der Waals surface area contributed by atoms with Crippen LogP contribution in [0.2, 0.25) is 0 Å². The SMILES string of the molecule is C[C@]1(O)C[C@H]1c1ccccc1. The Morgan fingerprint density at radius 2 is 1.91 bits per heavy atom. The number of benzene rings is 1. The maximum atomic E-state index is 9.55. The first kappa shape index (κ1) is 6.86. The molecule has 2 rings (SSSR count). The molecule has 1 heteroatoms. The number of aliphatic hydroxyl groups is 1. The average Bonchev–Trinajstić information content (AvgIpc) is 2.62. The first-order valence-corrected chi connectivity index (χ1v) is 3.97.